The molecule has 1 aromatic carbocycles. The summed E-state index contributed by atoms with van der Waals surface area (Å²) < 4.78 is 28.8. The lowest BCUT2D eigenvalue weighted by atomic mass is 9.98. The molecule has 6 nitrogen and oxygen atoms in total. The molecule has 0 bridgehead atoms. The van der Waals surface area contributed by atoms with Crippen molar-refractivity contribution in [2.75, 3.05) is 39.3 Å². The predicted molar refractivity (Wildman–Crippen MR) is 107 cm³/mol. The van der Waals surface area contributed by atoms with Gasteiger partial charge in [0, 0.05) is 38.1 Å². The summed E-state index contributed by atoms with van der Waals surface area (Å²) in [5.74, 6) is 0. The van der Waals surface area contributed by atoms with E-state index in [9.17, 15) is 8.42 Å². The second-order valence-electron chi connectivity index (χ2n) is 7.74. The van der Waals surface area contributed by atoms with Crippen molar-refractivity contribution in [1.82, 2.24) is 19.9 Å². The Morgan fingerprint density at radius 2 is 2.00 bits per heavy atom. The molecule has 0 spiro atoms. The number of nitrogens with zero attached hydrogens (tertiary/aromatic N) is 2. The average molecular weight is 397 g/mol. The number of aromatic nitrogens is 1. The van der Waals surface area contributed by atoms with Gasteiger partial charge in [0.05, 0.1) is 20.1 Å². The highest BCUT2D eigenvalue weighted by atomic mass is 32.2. The summed E-state index contributed by atoms with van der Waals surface area (Å²) in [7, 11) is -3.48. The summed E-state index contributed by atoms with van der Waals surface area (Å²) in [6.07, 6.45) is 0.816. The van der Waals surface area contributed by atoms with E-state index >= 15 is 0 Å². The van der Waals surface area contributed by atoms with Crippen molar-refractivity contribution < 1.29 is 8.42 Å². The van der Waals surface area contributed by atoms with Gasteiger partial charge in [-0.2, -0.15) is 0 Å². The number of sulfonamides is 1. The van der Waals surface area contributed by atoms with Crippen molar-refractivity contribution in [2.24, 2.45) is 0 Å². The molecule has 1 saturated heterocycles. The van der Waals surface area contributed by atoms with Crippen LogP contribution in [0.15, 0.2) is 23.1 Å². The molecular formula is C18H28N4O2S2. The van der Waals surface area contributed by atoms with Gasteiger partial charge in [0.2, 0.25) is 10.0 Å². The minimum absolute atomic E-state index is 0.0368. The molecule has 1 aliphatic rings. The Morgan fingerprint density at radius 3 is 2.69 bits per heavy atom. The Labute approximate surface area is 160 Å². The molecule has 1 aliphatic heterocycles. The fourth-order valence-corrected chi connectivity index (χ4v) is 5.16. The van der Waals surface area contributed by atoms with Crippen LogP contribution in [-0.2, 0) is 15.4 Å². The van der Waals surface area contributed by atoms with Crippen LogP contribution >= 0.6 is 11.3 Å². The van der Waals surface area contributed by atoms with Crippen LogP contribution in [0, 0.1) is 0 Å². The smallest absolute Gasteiger partial charge is 0.240 e. The number of thiazole rings is 1. The van der Waals surface area contributed by atoms with E-state index in [0.717, 1.165) is 54.4 Å². The Morgan fingerprint density at radius 1 is 1.27 bits per heavy atom. The van der Waals surface area contributed by atoms with Crippen molar-refractivity contribution in [3.8, 4) is 0 Å². The van der Waals surface area contributed by atoms with E-state index in [0.29, 0.717) is 11.4 Å². The van der Waals surface area contributed by atoms with E-state index < -0.39 is 10.0 Å². The Bertz CT molecular complexity index is 850. The number of rotatable bonds is 6. The maximum Gasteiger partial charge on any atom is 0.240 e. The van der Waals surface area contributed by atoms with Gasteiger partial charge in [-0.25, -0.2) is 18.1 Å². The second-order valence-corrected chi connectivity index (χ2v) is 10.5. The van der Waals surface area contributed by atoms with E-state index in [1.165, 1.54) is 0 Å². The quantitative estimate of drug-likeness (QED) is 0.732. The monoisotopic (exact) mass is 396 g/mol. The zero-order valence-electron chi connectivity index (χ0n) is 15.7. The highest BCUT2D eigenvalue weighted by molar-refractivity contribution is 7.89. The van der Waals surface area contributed by atoms with Crippen LogP contribution < -0.4 is 10.0 Å². The number of nitrogens with one attached hydrogen (secondary N) is 2. The maximum absolute atomic E-state index is 12.6. The number of benzene rings is 1. The van der Waals surface area contributed by atoms with Crippen molar-refractivity contribution in [3.63, 3.8) is 0 Å². The van der Waals surface area contributed by atoms with Gasteiger partial charge in [-0.15, -0.1) is 11.3 Å². The third kappa shape index (κ3) is 4.80. The molecule has 144 valence electrons. The van der Waals surface area contributed by atoms with Gasteiger partial charge >= 0.3 is 0 Å². The molecule has 1 fully saturated rings. The molecule has 8 heteroatoms. The Kier molecular flexibility index (Phi) is 5.98. The molecule has 26 heavy (non-hydrogen) atoms. The van der Waals surface area contributed by atoms with E-state index in [-0.39, 0.29) is 5.41 Å². The first kappa shape index (κ1) is 19.7. The van der Waals surface area contributed by atoms with Gasteiger partial charge in [0.25, 0.3) is 0 Å². The van der Waals surface area contributed by atoms with Crippen molar-refractivity contribution in [3.05, 3.63) is 23.2 Å². The topological polar surface area (TPSA) is 74.3 Å². The zero-order valence-corrected chi connectivity index (χ0v) is 17.3. The van der Waals surface area contributed by atoms with E-state index in [4.69, 9.17) is 0 Å². The molecule has 3 rings (SSSR count). The number of piperazine rings is 1. The molecule has 0 atom stereocenters. The number of hydrogen-bond donors (Lipinski definition) is 2. The van der Waals surface area contributed by atoms with Gasteiger partial charge in [-0.05, 0) is 31.2 Å². The van der Waals surface area contributed by atoms with Crippen molar-refractivity contribution in [1.29, 1.82) is 0 Å². The first-order valence-electron chi connectivity index (χ1n) is 9.09. The van der Waals surface area contributed by atoms with Crippen LogP contribution in [-0.4, -0.2) is 57.6 Å². The molecule has 1 aromatic heterocycles. The van der Waals surface area contributed by atoms with E-state index in [1.807, 2.05) is 0 Å². The largest absolute Gasteiger partial charge is 0.314 e. The molecule has 0 amide bonds. The van der Waals surface area contributed by atoms with Crippen LogP contribution in [0.25, 0.3) is 10.2 Å². The zero-order chi connectivity index (χ0) is 18.8. The van der Waals surface area contributed by atoms with Crippen molar-refractivity contribution in [2.45, 2.75) is 37.5 Å². The Hall–Kier alpha value is -1.06. The van der Waals surface area contributed by atoms with Crippen molar-refractivity contribution >= 4 is 31.6 Å². The third-order valence-electron chi connectivity index (χ3n) is 4.46. The van der Waals surface area contributed by atoms with E-state index in [1.54, 1.807) is 29.5 Å². The maximum atomic E-state index is 12.6. The summed E-state index contributed by atoms with van der Waals surface area (Å²) in [5, 5.41) is 4.34. The average Bonchev–Trinajstić information content (AvgIpc) is 3.03. The van der Waals surface area contributed by atoms with Gasteiger partial charge in [0.1, 0.15) is 0 Å². The standard InChI is InChI=1S/C18H28N4O2S2/c1-18(2,3)17-21-15-6-5-14(13-16(15)25-17)26(23,24)20-7-4-10-22-11-8-19-9-12-22/h5-6,13,19-20H,4,7-12H2,1-3H3. The Balaban J connectivity index is 1.62. The second kappa shape index (κ2) is 7.90. The SMILES string of the molecule is CC(C)(C)c1nc2ccc(S(=O)(=O)NCCCN3CCNCC3)cc2s1. The van der Waals surface area contributed by atoms with Gasteiger partial charge < -0.3 is 10.2 Å². The normalized spacial score (nSPS) is 17.0. The lowest BCUT2D eigenvalue weighted by Gasteiger charge is -2.27. The van der Waals surface area contributed by atoms with Crippen LogP contribution in [0.4, 0.5) is 0 Å². The molecule has 0 aliphatic carbocycles. The van der Waals surface area contributed by atoms with E-state index in [2.05, 4.69) is 40.7 Å². The van der Waals surface area contributed by atoms with Crippen LogP contribution in [0.2, 0.25) is 0 Å². The lowest BCUT2D eigenvalue weighted by molar-refractivity contribution is 0.239. The lowest BCUT2D eigenvalue weighted by Crippen LogP contribution is -2.44. The molecule has 0 unspecified atom stereocenters. The third-order valence-corrected chi connectivity index (χ3v) is 7.37. The molecule has 0 radical (unpaired) electrons. The number of fused-ring (bicyclic) bond motifs is 1. The molecular weight excluding hydrogens is 368 g/mol. The number of hydrogen-bond acceptors (Lipinski definition) is 6. The summed E-state index contributed by atoms with van der Waals surface area (Å²) in [6.45, 7) is 11.8. The van der Waals surface area contributed by atoms with Gasteiger partial charge in [-0.3, -0.25) is 0 Å². The predicted octanol–water partition coefficient (Wildman–Crippen LogP) is 2.17. The summed E-state index contributed by atoms with van der Waals surface area (Å²) >= 11 is 1.57. The minimum atomic E-state index is -3.48. The minimum Gasteiger partial charge on any atom is -0.314 e. The van der Waals surface area contributed by atoms with Gasteiger partial charge in [-0.1, -0.05) is 20.8 Å². The van der Waals surface area contributed by atoms with Gasteiger partial charge in [0.15, 0.2) is 0 Å². The van der Waals surface area contributed by atoms with Crippen LogP contribution in [0.1, 0.15) is 32.2 Å². The van der Waals surface area contributed by atoms with Crippen LogP contribution in [0.5, 0.6) is 0 Å². The fraction of sp³-hybridized carbons (Fsp3) is 0.611. The molecule has 0 saturated carbocycles. The molecule has 2 heterocycles. The highest BCUT2D eigenvalue weighted by Gasteiger charge is 2.20. The van der Waals surface area contributed by atoms with Crippen LogP contribution in [0.3, 0.4) is 0 Å². The summed E-state index contributed by atoms with van der Waals surface area (Å²) in [4.78, 5) is 7.31. The highest BCUT2D eigenvalue weighted by Crippen LogP contribution is 2.32. The first-order chi connectivity index (χ1) is 12.3. The first-order valence-corrected chi connectivity index (χ1v) is 11.4. The summed E-state index contributed by atoms with van der Waals surface area (Å²) in [6, 6.07) is 5.18. The molecule has 2 N–H and O–H groups in total. The molecule has 2 aromatic rings. The fourth-order valence-electron chi connectivity index (χ4n) is 2.92. The summed E-state index contributed by atoms with van der Waals surface area (Å²) in [5.41, 5.74) is 0.822.